The summed E-state index contributed by atoms with van der Waals surface area (Å²) in [5.74, 6) is 0.476. The Labute approximate surface area is 166 Å². The first-order valence-corrected chi connectivity index (χ1v) is 10.9. The molecule has 150 valence electrons. The third kappa shape index (κ3) is 6.19. The van der Waals surface area contributed by atoms with Gasteiger partial charge in [0.2, 0.25) is 0 Å². The molecule has 1 aromatic heterocycles. The molecule has 2 rings (SSSR count). The molecule has 1 N–H and O–H groups in total. The average Bonchev–Trinajstić information content (AvgIpc) is 2.63. The van der Waals surface area contributed by atoms with Gasteiger partial charge in [0.25, 0.3) is 5.91 Å². The van der Waals surface area contributed by atoms with Gasteiger partial charge >= 0.3 is 5.97 Å². The smallest absolute Gasteiger partial charge is 0.306 e. The van der Waals surface area contributed by atoms with Crippen LogP contribution in [0.4, 0.5) is 0 Å². The van der Waals surface area contributed by atoms with Crippen LogP contribution in [0.15, 0.2) is 5.16 Å². The normalized spacial score (nSPS) is 22.3. The molecule has 1 saturated carbocycles. The minimum Gasteiger partial charge on any atom is -0.456 e. The Balaban J connectivity index is 1.77. The first-order chi connectivity index (χ1) is 12.8. The second-order valence-electron chi connectivity index (χ2n) is 7.46. The van der Waals surface area contributed by atoms with E-state index in [-0.39, 0.29) is 30.9 Å². The third-order valence-corrected chi connectivity index (χ3v) is 6.13. The molecule has 0 unspecified atom stereocenters. The van der Waals surface area contributed by atoms with Gasteiger partial charge in [-0.3, -0.25) is 9.59 Å². The predicted octanol–water partition coefficient (Wildman–Crippen LogP) is 3.23. The van der Waals surface area contributed by atoms with Crippen molar-refractivity contribution in [3.05, 3.63) is 17.0 Å². The fourth-order valence-electron chi connectivity index (χ4n) is 3.64. The number of aryl methyl sites for hydroxylation is 2. The Kier molecular flexibility index (Phi) is 8.07. The molecule has 0 saturated heterocycles. The van der Waals surface area contributed by atoms with E-state index < -0.39 is 0 Å². The maximum absolute atomic E-state index is 12.1. The summed E-state index contributed by atoms with van der Waals surface area (Å²) >= 11 is 1.50. The SMILES string of the molecule is CSc1nc(C)c(CCC(=O)OCC(=O)N[C@H]2CCC[C@@H](C)[C@@H]2C)c(C)n1. The van der Waals surface area contributed by atoms with Crippen LogP contribution in [0.5, 0.6) is 0 Å². The molecule has 1 amide bonds. The van der Waals surface area contributed by atoms with Crippen LogP contribution in [0, 0.1) is 25.7 Å². The number of rotatable bonds is 7. The minimum atomic E-state index is -0.372. The predicted molar refractivity (Wildman–Crippen MR) is 107 cm³/mol. The van der Waals surface area contributed by atoms with Crippen LogP contribution in [0.1, 0.15) is 56.5 Å². The molecular weight excluding hydrogens is 362 g/mol. The summed E-state index contributed by atoms with van der Waals surface area (Å²) in [4.78, 5) is 33.0. The van der Waals surface area contributed by atoms with Gasteiger partial charge in [-0.05, 0) is 50.3 Å². The lowest BCUT2D eigenvalue weighted by atomic mass is 9.78. The number of carbonyl (C=O) groups excluding carboxylic acids is 2. The van der Waals surface area contributed by atoms with Gasteiger partial charge in [0.1, 0.15) is 0 Å². The number of amides is 1. The van der Waals surface area contributed by atoms with Gasteiger partial charge in [0.15, 0.2) is 11.8 Å². The zero-order valence-electron chi connectivity index (χ0n) is 17.0. The van der Waals surface area contributed by atoms with E-state index in [0.717, 1.165) is 34.9 Å². The molecule has 3 atom stereocenters. The number of ether oxygens (including phenoxy) is 1. The van der Waals surface area contributed by atoms with Crippen molar-refractivity contribution in [1.29, 1.82) is 0 Å². The van der Waals surface area contributed by atoms with Crippen LogP contribution in [0.3, 0.4) is 0 Å². The number of esters is 1. The fourth-order valence-corrected chi connectivity index (χ4v) is 4.10. The van der Waals surface area contributed by atoms with Crippen molar-refractivity contribution in [2.75, 3.05) is 12.9 Å². The molecular formula is C20H31N3O3S. The number of aromatic nitrogens is 2. The molecule has 0 aliphatic heterocycles. The molecule has 0 aromatic carbocycles. The Morgan fingerprint density at radius 1 is 1.19 bits per heavy atom. The molecule has 1 aliphatic carbocycles. The fraction of sp³-hybridized carbons (Fsp3) is 0.700. The van der Waals surface area contributed by atoms with Crippen molar-refractivity contribution in [1.82, 2.24) is 15.3 Å². The zero-order chi connectivity index (χ0) is 20.0. The number of hydrogen-bond donors (Lipinski definition) is 1. The lowest BCUT2D eigenvalue weighted by molar-refractivity contribution is -0.148. The topological polar surface area (TPSA) is 81.2 Å². The van der Waals surface area contributed by atoms with Crippen LogP contribution < -0.4 is 5.32 Å². The Morgan fingerprint density at radius 2 is 1.85 bits per heavy atom. The molecule has 1 fully saturated rings. The summed E-state index contributed by atoms with van der Waals surface area (Å²) in [7, 11) is 0. The van der Waals surface area contributed by atoms with Crippen molar-refractivity contribution in [2.45, 2.75) is 71.0 Å². The third-order valence-electron chi connectivity index (χ3n) is 5.58. The van der Waals surface area contributed by atoms with Crippen molar-refractivity contribution in [3.8, 4) is 0 Å². The average molecular weight is 394 g/mol. The molecule has 0 radical (unpaired) electrons. The van der Waals surface area contributed by atoms with E-state index in [9.17, 15) is 9.59 Å². The van der Waals surface area contributed by atoms with Gasteiger partial charge in [-0.15, -0.1) is 0 Å². The van der Waals surface area contributed by atoms with Crippen molar-refractivity contribution >= 4 is 23.6 Å². The molecule has 1 aromatic rings. The number of hydrogen-bond acceptors (Lipinski definition) is 6. The number of thioether (sulfide) groups is 1. The van der Waals surface area contributed by atoms with E-state index in [0.29, 0.717) is 18.3 Å². The standard InChI is InChI=1S/C20H31N3O3S/c1-12-7-6-8-17(13(12)2)23-18(24)11-26-19(25)10-9-16-14(3)21-20(27-5)22-15(16)4/h12-13,17H,6-11H2,1-5H3,(H,23,24)/t12-,13+,17+/m1/s1. The molecule has 1 heterocycles. The molecule has 7 heteroatoms. The maximum atomic E-state index is 12.1. The highest BCUT2D eigenvalue weighted by Gasteiger charge is 2.28. The van der Waals surface area contributed by atoms with Crippen molar-refractivity contribution in [2.24, 2.45) is 11.8 Å². The molecule has 27 heavy (non-hydrogen) atoms. The molecule has 1 aliphatic rings. The van der Waals surface area contributed by atoms with Crippen LogP contribution in [-0.2, 0) is 20.7 Å². The first kappa shape index (κ1) is 21.7. The van der Waals surface area contributed by atoms with Crippen molar-refractivity contribution < 1.29 is 14.3 Å². The van der Waals surface area contributed by atoms with E-state index in [4.69, 9.17) is 4.74 Å². The van der Waals surface area contributed by atoms with E-state index in [1.807, 2.05) is 20.1 Å². The summed E-state index contributed by atoms with van der Waals surface area (Å²) in [6, 6.07) is 0.178. The van der Waals surface area contributed by atoms with Crippen LogP contribution in [-0.4, -0.2) is 40.7 Å². The summed E-state index contributed by atoms with van der Waals surface area (Å²) in [5.41, 5.74) is 2.75. The summed E-state index contributed by atoms with van der Waals surface area (Å²) in [6.45, 7) is 8.04. The highest BCUT2D eigenvalue weighted by atomic mass is 32.2. The van der Waals surface area contributed by atoms with Crippen LogP contribution in [0.2, 0.25) is 0 Å². The second-order valence-corrected chi connectivity index (χ2v) is 8.24. The monoisotopic (exact) mass is 393 g/mol. The Bertz CT molecular complexity index is 657. The largest absolute Gasteiger partial charge is 0.456 e. The molecule has 0 bridgehead atoms. The van der Waals surface area contributed by atoms with Gasteiger partial charge in [-0.25, -0.2) is 9.97 Å². The van der Waals surface area contributed by atoms with Gasteiger partial charge < -0.3 is 10.1 Å². The quantitative estimate of drug-likeness (QED) is 0.435. The van der Waals surface area contributed by atoms with E-state index in [2.05, 4.69) is 29.1 Å². The highest BCUT2D eigenvalue weighted by Crippen LogP contribution is 2.29. The lowest BCUT2D eigenvalue weighted by Gasteiger charge is -2.34. The summed E-state index contributed by atoms with van der Waals surface area (Å²) in [6.07, 6.45) is 6.01. The highest BCUT2D eigenvalue weighted by molar-refractivity contribution is 7.98. The number of nitrogens with zero attached hydrogens (tertiary/aromatic N) is 2. The van der Waals surface area contributed by atoms with Crippen LogP contribution in [0.25, 0.3) is 0 Å². The zero-order valence-corrected chi connectivity index (χ0v) is 17.8. The summed E-state index contributed by atoms with van der Waals surface area (Å²) in [5, 5.41) is 3.76. The van der Waals surface area contributed by atoms with E-state index in [1.165, 1.54) is 18.2 Å². The Hall–Kier alpha value is -1.63. The Morgan fingerprint density at radius 3 is 2.48 bits per heavy atom. The van der Waals surface area contributed by atoms with Gasteiger partial charge in [-0.1, -0.05) is 38.5 Å². The lowest BCUT2D eigenvalue weighted by Crippen LogP contribution is -2.45. The minimum absolute atomic E-state index is 0.178. The van der Waals surface area contributed by atoms with Crippen LogP contribution >= 0.6 is 11.8 Å². The van der Waals surface area contributed by atoms with Gasteiger partial charge in [0, 0.05) is 23.9 Å². The second kappa shape index (κ2) is 10.1. The van der Waals surface area contributed by atoms with Gasteiger partial charge in [-0.2, -0.15) is 0 Å². The molecule has 6 nitrogen and oxygen atoms in total. The number of nitrogens with one attached hydrogen (secondary N) is 1. The van der Waals surface area contributed by atoms with Gasteiger partial charge in [0.05, 0.1) is 0 Å². The van der Waals surface area contributed by atoms with E-state index in [1.54, 1.807) is 0 Å². The summed E-state index contributed by atoms with van der Waals surface area (Å²) < 4.78 is 5.16. The first-order valence-electron chi connectivity index (χ1n) is 9.65. The number of carbonyl (C=O) groups is 2. The van der Waals surface area contributed by atoms with Crippen molar-refractivity contribution in [3.63, 3.8) is 0 Å². The molecule has 0 spiro atoms. The maximum Gasteiger partial charge on any atom is 0.306 e. The van der Waals surface area contributed by atoms with E-state index >= 15 is 0 Å².